The Morgan fingerprint density at radius 3 is 2.45 bits per heavy atom. The quantitative estimate of drug-likeness (QED) is 0.658. The van der Waals surface area contributed by atoms with Crippen LogP contribution in [0.3, 0.4) is 0 Å². The highest BCUT2D eigenvalue weighted by atomic mass is 35.5. The van der Waals surface area contributed by atoms with E-state index < -0.39 is 36.2 Å². The minimum Gasteiger partial charge on any atom is -0.481 e. The maximum atomic E-state index is 13.1. The van der Waals surface area contributed by atoms with Crippen molar-refractivity contribution in [2.24, 2.45) is 0 Å². The Kier molecular flexibility index (Phi) is 5.27. The lowest BCUT2D eigenvalue weighted by Gasteiger charge is -2.13. The first-order valence-corrected chi connectivity index (χ1v) is 5.64. The maximum absolute atomic E-state index is 13.1. The van der Waals surface area contributed by atoms with E-state index in [4.69, 9.17) is 21.8 Å². The third-order valence-corrected chi connectivity index (χ3v) is 2.47. The zero-order valence-corrected chi connectivity index (χ0v) is 10.6. The van der Waals surface area contributed by atoms with Crippen LogP contribution in [0.25, 0.3) is 0 Å². The van der Waals surface area contributed by atoms with Gasteiger partial charge in [0.25, 0.3) is 0 Å². The van der Waals surface area contributed by atoms with Crippen LogP contribution in [0.4, 0.5) is 14.9 Å². The molecule has 1 rings (SSSR count). The molecule has 9 heteroatoms. The van der Waals surface area contributed by atoms with Crippen molar-refractivity contribution in [3.05, 3.63) is 29.0 Å². The summed E-state index contributed by atoms with van der Waals surface area (Å²) in [6, 6.07) is 0.885. The number of hydrogen-bond acceptors (Lipinski definition) is 3. The lowest BCUT2D eigenvalue weighted by molar-refractivity contribution is -0.145. The number of amides is 2. The van der Waals surface area contributed by atoms with Crippen molar-refractivity contribution in [1.82, 2.24) is 5.32 Å². The van der Waals surface area contributed by atoms with Crippen LogP contribution in [0, 0.1) is 5.82 Å². The average Bonchev–Trinajstić information content (AvgIpc) is 2.32. The van der Waals surface area contributed by atoms with Gasteiger partial charge in [-0.25, -0.2) is 14.0 Å². The molecule has 1 aromatic rings. The standard InChI is InChI=1S/C11H10ClFN2O5/c12-6-2-1-5(3-7(6)13)14-11(20)15-8(10(18)19)4-9(16)17/h1-3,8H,4H2,(H,16,17)(H,18,19)(H2,14,15,20)/t8-/m0/s1. The van der Waals surface area contributed by atoms with Crippen LogP contribution in [0.2, 0.25) is 5.02 Å². The summed E-state index contributed by atoms with van der Waals surface area (Å²) in [7, 11) is 0. The van der Waals surface area contributed by atoms with E-state index in [1.165, 1.54) is 12.1 Å². The molecule has 0 saturated carbocycles. The SMILES string of the molecule is O=C(O)C[C@H](NC(=O)Nc1ccc(Cl)c(F)c1)C(=O)O. The molecule has 0 heterocycles. The van der Waals surface area contributed by atoms with Crippen LogP contribution in [-0.2, 0) is 9.59 Å². The van der Waals surface area contributed by atoms with Crippen LogP contribution >= 0.6 is 11.6 Å². The molecule has 7 nitrogen and oxygen atoms in total. The molecule has 20 heavy (non-hydrogen) atoms. The van der Waals surface area contributed by atoms with Gasteiger partial charge in [0, 0.05) is 5.69 Å². The van der Waals surface area contributed by atoms with E-state index in [-0.39, 0.29) is 10.7 Å². The van der Waals surface area contributed by atoms with Crippen LogP contribution < -0.4 is 10.6 Å². The van der Waals surface area contributed by atoms with Gasteiger partial charge in [-0.2, -0.15) is 0 Å². The number of benzene rings is 1. The maximum Gasteiger partial charge on any atom is 0.326 e. The molecule has 0 aromatic heterocycles. The monoisotopic (exact) mass is 304 g/mol. The predicted octanol–water partition coefficient (Wildman–Crippen LogP) is 1.53. The Labute approximate surface area is 117 Å². The van der Waals surface area contributed by atoms with Gasteiger partial charge >= 0.3 is 18.0 Å². The van der Waals surface area contributed by atoms with Crippen LogP contribution in [0.15, 0.2) is 18.2 Å². The van der Waals surface area contributed by atoms with Crippen molar-refractivity contribution in [1.29, 1.82) is 0 Å². The highest BCUT2D eigenvalue weighted by Crippen LogP contribution is 2.18. The number of halogens is 2. The van der Waals surface area contributed by atoms with Gasteiger partial charge in [-0.05, 0) is 18.2 Å². The van der Waals surface area contributed by atoms with Crippen molar-refractivity contribution >= 4 is 35.3 Å². The molecule has 108 valence electrons. The molecule has 0 aliphatic carbocycles. The van der Waals surface area contributed by atoms with Gasteiger partial charge in [-0.1, -0.05) is 11.6 Å². The summed E-state index contributed by atoms with van der Waals surface area (Å²) in [4.78, 5) is 32.6. The Bertz CT molecular complexity index is 552. The molecule has 2 amide bonds. The lowest BCUT2D eigenvalue weighted by atomic mass is 10.2. The summed E-state index contributed by atoms with van der Waals surface area (Å²) in [5.74, 6) is -3.63. The number of rotatable bonds is 5. The van der Waals surface area contributed by atoms with Crippen molar-refractivity contribution in [3.8, 4) is 0 Å². The molecule has 1 aromatic carbocycles. The smallest absolute Gasteiger partial charge is 0.326 e. The largest absolute Gasteiger partial charge is 0.481 e. The summed E-state index contributed by atoms with van der Waals surface area (Å²) < 4.78 is 13.1. The number of hydrogen-bond donors (Lipinski definition) is 4. The first-order valence-electron chi connectivity index (χ1n) is 5.26. The van der Waals surface area contributed by atoms with Gasteiger partial charge in [-0.3, -0.25) is 4.79 Å². The van der Waals surface area contributed by atoms with E-state index in [2.05, 4.69) is 5.32 Å². The van der Waals surface area contributed by atoms with E-state index in [9.17, 15) is 18.8 Å². The second-order valence-electron chi connectivity index (χ2n) is 3.72. The number of urea groups is 1. The molecule has 0 radical (unpaired) electrons. The molecular weight excluding hydrogens is 295 g/mol. The van der Waals surface area contributed by atoms with Crippen LogP contribution in [0.1, 0.15) is 6.42 Å². The molecule has 1 atom stereocenters. The highest BCUT2D eigenvalue weighted by molar-refractivity contribution is 6.30. The summed E-state index contributed by atoms with van der Waals surface area (Å²) in [6.07, 6.45) is -0.780. The molecule has 0 aliphatic heterocycles. The summed E-state index contributed by atoms with van der Waals surface area (Å²) in [6.45, 7) is 0. The fourth-order valence-electron chi connectivity index (χ4n) is 1.27. The van der Waals surface area contributed by atoms with Gasteiger partial charge < -0.3 is 20.8 Å². The average molecular weight is 305 g/mol. The van der Waals surface area contributed by atoms with Gasteiger partial charge in [0.15, 0.2) is 0 Å². The highest BCUT2D eigenvalue weighted by Gasteiger charge is 2.23. The number of carbonyl (C=O) groups excluding carboxylic acids is 1. The van der Waals surface area contributed by atoms with Crippen molar-refractivity contribution in [3.63, 3.8) is 0 Å². The first-order chi connectivity index (χ1) is 9.29. The zero-order chi connectivity index (χ0) is 15.3. The first kappa shape index (κ1) is 15.7. The van der Waals surface area contributed by atoms with Gasteiger partial charge in [0.2, 0.25) is 0 Å². The minimum absolute atomic E-state index is 0.0452. The van der Waals surface area contributed by atoms with Crippen LogP contribution in [0.5, 0.6) is 0 Å². The second-order valence-corrected chi connectivity index (χ2v) is 4.12. The second kappa shape index (κ2) is 6.71. The van der Waals surface area contributed by atoms with Crippen molar-refractivity contribution in [2.75, 3.05) is 5.32 Å². The Balaban J connectivity index is 2.67. The Morgan fingerprint density at radius 1 is 1.30 bits per heavy atom. The van der Waals surface area contributed by atoms with Gasteiger partial charge in [0.1, 0.15) is 11.9 Å². The fraction of sp³-hybridized carbons (Fsp3) is 0.182. The van der Waals surface area contributed by atoms with Gasteiger partial charge in [0.05, 0.1) is 11.4 Å². The summed E-state index contributed by atoms with van der Waals surface area (Å²) in [5.41, 5.74) is 0.0452. The molecule has 0 fully saturated rings. The van der Waals surface area contributed by atoms with Crippen LogP contribution in [-0.4, -0.2) is 34.2 Å². The number of aliphatic carboxylic acids is 2. The normalized spacial score (nSPS) is 11.5. The molecule has 0 spiro atoms. The number of carbonyl (C=O) groups is 3. The minimum atomic E-state index is -1.59. The van der Waals surface area contributed by atoms with E-state index in [1.807, 2.05) is 5.32 Å². The fourth-order valence-corrected chi connectivity index (χ4v) is 1.39. The molecule has 0 aliphatic rings. The topological polar surface area (TPSA) is 116 Å². The number of carboxylic acid groups (broad SMARTS) is 2. The Hall–Kier alpha value is -2.35. The van der Waals surface area contributed by atoms with E-state index in [0.717, 1.165) is 6.07 Å². The van der Waals surface area contributed by atoms with E-state index in [0.29, 0.717) is 0 Å². The van der Waals surface area contributed by atoms with Crippen molar-refractivity contribution in [2.45, 2.75) is 12.5 Å². The summed E-state index contributed by atoms with van der Waals surface area (Å²) in [5, 5.41) is 21.2. The number of carboxylic acids is 2. The zero-order valence-electron chi connectivity index (χ0n) is 9.89. The molecule has 4 N–H and O–H groups in total. The predicted molar refractivity (Wildman–Crippen MR) is 67.2 cm³/mol. The van der Waals surface area contributed by atoms with Gasteiger partial charge in [-0.15, -0.1) is 0 Å². The lowest BCUT2D eigenvalue weighted by Crippen LogP contribution is -2.44. The number of nitrogens with one attached hydrogen (secondary N) is 2. The summed E-state index contributed by atoms with van der Waals surface area (Å²) >= 11 is 5.45. The third kappa shape index (κ3) is 4.73. The Morgan fingerprint density at radius 2 is 1.95 bits per heavy atom. The molecule has 0 bridgehead atoms. The molecule has 0 saturated heterocycles. The number of anilines is 1. The van der Waals surface area contributed by atoms with E-state index in [1.54, 1.807) is 0 Å². The molecular formula is C11H10ClFN2O5. The van der Waals surface area contributed by atoms with E-state index >= 15 is 0 Å². The molecule has 0 unspecified atom stereocenters. The van der Waals surface area contributed by atoms with Crippen molar-refractivity contribution < 1.29 is 29.0 Å². The third-order valence-electron chi connectivity index (χ3n) is 2.16.